The molecule has 1 aromatic carbocycles. The van der Waals surface area contributed by atoms with Gasteiger partial charge in [0, 0.05) is 38.0 Å². The highest BCUT2D eigenvalue weighted by atomic mass is 19.4. The molecule has 1 aliphatic rings. The minimum atomic E-state index is -4.58. The number of likely N-dealkylation sites (tertiary alicyclic amines) is 1. The van der Waals surface area contributed by atoms with Crippen LogP contribution in [0.2, 0.25) is 0 Å². The van der Waals surface area contributed by atoms with Crippen molar-refractivity contribution in [2.45, 2.75) is 19.0 Å². The Morgan fingerprint density at radius 1 is 1.21 bits per heavy atom. The number of rotatable bonds is 6. The Hall–Kier alpha value is -3.17. The number of carbonyl (C=O) groups excluding carboxylic acids is 1. The van der Waals surface area contributed by atoms with Crippen molar-refractivity contribution in [2.24, 2.45) is 5.92 Å². The number of fused-ring (bicyclic) bond motifs is 1. The van der Waals surface area contributed by atoms with Crippen molar-refractivity contribution in [3.63, 3.8) is 0 Å². The van der Waals surface area contributed by atoms with Crippen LogP contribution in [0, 0.1) is 5.92 Å². The van der Waals surface area contributed by atoms with Gasteiger partial charge in [-0.05, 0) is 12.0 Å². The minimum absolute atomic E-state index is 0.000605. The summed E-state index contributed by atoms with van der Waals surface area (Å²) >= 11 is 0. The molecular weight excluding hydrogens is 385 g/mol. The predicted molar refractivity (Wildman–Crippen MR) is 99.1 cm³/mol. The summed E-state index contributed by atoms with van der Waals surface area (Å²) in [5, 5.41) is 6.90. The van der Waals surface area contributed by atoms with Crippen molar-refractivity contribution in [3.8, 4) is 0 Å². The van der Waals surface area contributed by atoms with Crippen LogP contribution in [0.1, 0.15) is 17.7 Å². The molecule has 1 aliphatic heterocycles. The number of benzene rings is 1. The van der Waals surface area contributed by atoms with Gasteiger partial charge in [-0.1, -0.05) is 30.3 Å². The van der Waals surface area contributed by atoms with E-state index in [1.165, 1.54) is 4.52 Å². The van der Waals surface area contributed by atoms with Gasteiger partial charge in [-0.15, -0.1) is 0 Å². The summed E-state index contributed by atoms with van der Waals surface area (Å²) in [7, 11) is 0. The fourth-order valence-corrected chi connectivity index (χ4v) is 3.45. The van der Waals surface area contributed by atoms with Crippen LogP contribution in [0.3, 0.4) is 0 Å². The fourth-order valence-electron chi connectivity index (χ4n) is 3.45. The van der Waals surface area contributed by atoms with Crippen LogP contribution in [0.4, 0.5) is 19.0 Å². The summed E-state index contributed by atoms with van der Waals surface area (Å²) < 4.78 is 40.4. The summed E-state index contributed by atoms with van der Waals surface area (Å²) in [6, 6.07) is 10.8. The lowest BCUT2D eigenvalue weighted by molar-refractivity contribution is -0.141. The molecule has 0 spiro atoms. The van der Waals surface area contributed by atoms with E-state index in [0.717, 1.165) is 24.4 Å². The first-order valence-electron chi connectivity index (χ1n) is 9.24. The van der Waals surface area contributed by atoms with Gasteiger partial charge in [0.15, 0.2) is 5.69 Å². The average Bonchev–Trinajstić information content (AvgIpc) is 3.31. The van der Waals surface area contributed by atoms with Crippen LogP contribution in [-0.4, -0.2) is 50.0 Å². The zero-order valence-corrected chi connectivity index (χ0v) is 15.4. The number of hydrogen-bond donors (Lipinski definition) is 1. The highest BCUT2D eigenvalue weighted by Crippen LogP contribution is 2.29. The van der Waals surface area contributed by atoms with E-state index in [1.54, 1.807) is 4.90 Å². The second kappa shape index (κ2) is 7.69. The van der Waals surface area contributed by atoms with Gasteiger partial charge < -0.3 is 10.2 Å². The van der Waals surface area contributed by atoms with Gasteiger partial charge in [0.2, 0.25) is 5.91 Å². The zero-order valence-electron chi connectivity index (χ0n) is 15.4. The molecule has 10 heteroatoms. The lowest BCUT2D eigenvalue weighted by Gasteiger charge is -2.17. The molecule has 1 fully saturated rings. The number of anilines is 1. The number of hydrogen-bond acceptors (Lipinski definition) is 5. The van der Waals surface area contributed by atoms with E-state index in [1.807, 2.05) is 30.3 Å². The maximum atomic E-state index is 13.1. The van der Waals surface area contributed by atoms with Gasteiger partial charge in [-0.25, -0.2) is 4.98 Å². The second-order valence-electron chi connectivity index (χ2n) is 7.02. The highest BCUT2D eigenvalue weighted by Gasteiger charge is 2.34. The molecule has 1 saturated heterocycles. The zero-order chi connectivity index (χ0) is 20.4. The van der Waals surface area contributed by atoms with E-state index in [-0.39, 0.29) is 23.4 Å². The Morgan fingerprint density at radius 3 is 2.76 bits per heavy atom. The van der Waals surface area contributed by atoms with Crippen LogP contribution in [0.25, 0.3) is 5.78 Å². The molecule has 1 unspecified atom stereocenters. The van der Waals surface area contributed by atoms with Crippen molar-refractivity contribution in [2.75, 3.05) is 25.0 Å². The lowest BCUT2D eigenvalue weighted by Crippen LogP contribution is -2.28. The molecule has 0 saturated carbocycles. The van der Waals surface area contributed by atoms with Crippen LogP contribution >= 0.6 is 0 Å². The summed E-state index contributed by atoms with van der Waals surface area (Å²) in [6.07, 6.45) is -2.30. The molecule has 1 N–H and O–H groups in total. The molecule has 29 heavy (non-hydrogen) atoms. The van der Waals surface area contributed by atoms with Crippen LogP contribution in [0.5, 0.6) is 0 Å². The maximum Gasteiger partial charge on any atom is 0.433 e. The number of aromatic nitrogens is 4. The van der Waals surface area contributed by atoms with E-state index in [2.05, 4.69) is 20.4 Å². The molecule has 0 bridgehead atoms. The topological polar surface area (TPSA) is 75.4 Å². The van der Waals surface area contributed by atoms with Crippen molar-refractivity contribution < 1.29 is 18.0 Å². The first-order valence-corrected chi connectivity index (χ1v) is 9.24. The standard InChI is InChI=1S/C19H19F3N6O/c20-19(21,22)15-9-16(28-18(26-15)24-12-25-28)23-10-14-8-17(29)27(11-14)7-6-13-4-2-1-3-5-13/h1-5,9,12,14,23H,6-8,10-11H2. The minimum Gasteiger partial charge on any atom is -0.369 e. The summed E-state index contributed by atoms with van der Waals surface area (Å²) in [4.78, 5) is 21.3. The normalized spacial score (nSPS) is 17.3. The summed E-state index contributed by atoms with van der Waals surface area (Å²) in [5.74, 6) is 0.0769. The smallest absolute Gasteiger partial charge is 0.369 e. The van der Waals surface area contributed by atoms with E-state index in [9.17, 15) is 18.0 Å². The Kier molecular flexibility index (Phi) is 5.08. The number of nitrogens with zero attached hydrogens (tertiary/aromatic N) is 5. The van der Waals surface area contributed by atoms with E-state index >= 15 is 0 Å². The maximum absolute atomic E-state index is 13.1. The second-order valence-corrected chi connectivity index (χ2v) is 7.02. The SMILES string of the molecule is O=C1CC(CNc2cc(C(F)(F)F)nc3ncnn23)CN1CCc1ccccc1. The molecule has 152 valence electrons. The Morgan fingerprint density at radius 2 is 2.00 bits per heavy atom. The molecular formula is C19H19F3N6O. The number of halogens is 3. The largest absolute Gasteiger partial charge is 0.433 e. The molecule has 3 heterocycles. The van der Waals surface area contributed by atoms with Gasteiger partial charge in [0.25, 0.3) is 5.78 Å². The monoisotopic (exact) mass is 404 g/mol. The first kappa shape index (κ1) is 19.2. The van der Waals surface area contributed by atoms with Gasteiger partial charge in [-0.3, -0.25) is 4.79 Å². The Bertz CT molecular complexity index is 1000. The van der Waals surface area contributed by atoms with E-state index in [0.29, 0.717) is 26.1 Å². The Labute approximate surface area is 164 Å². The van der Waals surface area contributed by atoms with Gasteiger partial charge in [0.05, 0.1) is 0 Å². The molecule has 2 aromatic heterocycles. The van der Waals surface area contributed by atoms with Gasteiger partial charge in [0.1, 0.15) is 12.1 Å². The number of amides is 1. The molecule has 1 amide bonds. The quantitative estimate of drug-likeness (QED) is 0.684. The van der Waals surface area contributed by atoms with Crippen LogP contribution in [-0.2, 0) is 17.4 Å². The van der Waals surface area contributed by atoms with Crippen LogP contribution in [0.15, 0.2) is 42.7 Å². The van der Waals surface area contributed by atoms with E-state index in [4.69, 9.17) is 0 Å². The third-order valence-electron chi connectivity index (χ3n) is 4.92. The molecule has 7 nitrogen and oxygen atoms in total. The molecule has 3 aromatic rings. The molecule has 0 radical (unpaired) electrons. The summed E-state index contributed by atoms with van der Waals surface area (Å²) in [5.41, 5.74) is 0.124. The molecule has 1 atom stereocenters. The van der Waals surface area contributed by atoms with Crippen LogP contribution < -0.4 is 5.32 Å². The van der Waals surface area contributed by atoms with Crippen molar-refractivity contribution >= 4 is 17.5 Å². The number of nitrogens with one attached hydrogen (secondary N) is 1. The number of alkyl halides is 3. The predicted octanol–water partition coefficient (Wildman–Crippen LogP) is 2.65. The third-order valence-corrected chi connectivity index (χ3v) is 4.92. The fraction of sp³-hybridized carbons (Fsp3) is 0.368. The molecule has 4 rings (SSSR count). The molecule has 0 aliphatic carbocycles. The third kappa shape index (κ3) is 4.30. The van der Waals surface area contributed by atoms with Gasteiger partial charge in [-0.2, -0.15) is 27.8 Å². The average molecular weight is 404 g/mol. The lowest BCUT2D eigenvalue weighted by atomic mass is 10.1. The van der Waals surface area contributed by atoms with Gasteiger partial charge >= 0.3 is 6.18 Å². The Balaban J connectivity index is 1.39. The first-order chi connectivity index (χ1) is 13.9. The van der Waals surface area contributed by atoms with Crippen molar-refractivity contribution in [1.82, 2.24) is 24.5 Å². The van der Waals surface area contributed by atoms with Crippen molar-refractivity contribution in [1.29, 1.82) is 0 Å². The number of carbonyl (C=O) groups is 1. The highest BCUT2D eigenvalue weighted by molar-refractivity contribution is 5.78. The van der Waals surface area contributed by atoms with E-state index < -0.39 is 11.9 Å². The van der Waals surface area contributed by atoms with Crippen molar-refractivity contribution in [3.05, 3.63) is 54.0 Å². The summed E-state index contributed by atoms with van der Waals surface area (Å²) in [6.45, 7) is 1.54.